The number of aromatic nitrogens is 1. The molecule has 2 saturated heterocycles. The first kappa shape index (κ1) is 40.2. The zero-order valence-corrected chi connectivity index (χ0v) is 36.9. The lowest BCUT2D eigenvalue weighted by atomic mass is 9.79. The normalized spacial score (nSPS) is 21.4. The monoisotopic (exact) mass is 886 g/mol. The highest BCUT2D eigenvalue weighted by molar-refractivity contribution is 6.40. The molecule has 3 atom stereocenters. The molecule has 4 aromatic carbocycles. The maximum absolute atomic E-state index is 14.8. The number of amidine groups is 1. The van der Waals surface area contributed by atoms with Crippen molar-refractivity contribution in [1.82, 2.24) is 10.2 Å². The minimum absolute atomic E-state index is 0.219. The van der Waals surface area contributed by atoms with E-state index in [9.17, 15) is 9.59 Å². The van der Waals surface area contributed by atoms with E-state index >= 15 is 0 Å². The number of esters is 2. The van der Waals surface area contributed by atoms with E-state index in [1.807, 2.05) is 109 Å². The van der Waals surface area contributed by atoms with Crippen LogP contribution in [0.5, 0.6) is 0 Å². The van der Waals surface area contributed by atoms with E-state index in [0.29, 0.717) is 54.0 Å². The molecule has 0 unspecified atom stereocenters. The molecule has 12 nitrogen and oxygen atoms in total. The molecule has 4 aliphatic rings. The summed E-state index contributed by atoms with van der Waals surface area (Å²) in [5, 5.41) is 20.8. The lowest BCUT2D eigenvalue weighted by molar-refractivity contribution is -0.147. The van der Waals surface area contributed by atoms with Crippen LogP contribution < -0.4 is 10.0 Å². The molecule has 2 fully saturated rings. The predicted octanol–water partition coefficient (Wildman–Crippen LogP) is 9.83. The van der Waals surface area contributed by atoms with Crippen molar-refractivity contribution in [3.8, 4) is 11.3 Å². The molecule has 5 heterocycles. The predicted molar refractivity (Wildman–Crippen MR) is 231 cm³/mol. The number of rotatable bonds is 7. The zero-order valence-electron chi connectivity index (χ0n) is 33.8. The third-order valence-electron chi connectivity index (χ3n) is 12.1. The van der Waals surface area contributed by atoms with Gasteiger partial charge in [0.05, 0.1) is 11.4 Å². The molecule has 0 saturated carbocycles. The van der Waals surface area contributed by atoms with E-state index in [1.165, 1.54) is 10.0 Å². The molecule has 9 rings (SSSR count). The fraction of sp³-hybridized carbons (Fsp3) is 0.295. The lowest BCUT2D eigenvalue weighted by Gasteiger charge is -2.39. The molecule has 4 aliphatic heterocycles. The molecule has 0 amide bonds. The van der Waals surface area contributed by atoms with E-state index in [1.54, 1.807) is 6.07 Å². The van der Waals surface area contributed by atoms with Crippen molar-refractivity contribution in [2.45, 2.75) is 79.3 Å². The summed E-state index contributed by atoms with van der Waals surface area (Å²) < 4.78 is 17.7. The average Bonchev–Trinajstić information content (AvgIpc) is 4.04. The van der Waals surface area contributed by atoms with E-state index in [4.69, 9.17) is 75.5 Å². The van der Waals surface area contributed by atoms with Gasteiger partial charge in [0.2, 0.25) is 0 Å². The molecular formula is C44H38Cl4N6O6. The van der Waals surface area contributed by atoms with Crippen LogP contribution in [0.3, 0.4) is 0 Å². The first-order chi connectivity index (χ1) is 28.5. The van der Waals surface area contributed by atoms with E-state index in [-0.39, 0.29) is 24.8 Å². The van der Waals surface area contributed by atoms with Gasteiger partial charge in [-0.1, -0.05) is 92.1 Å². The van der Waals surface area contributed by atoms with Crippen molar-refractivity contribution < 1.29 is 28.4 Å². The maximum atomic E-state index is 14.8. The van der Waals surface area contributed by atoms with Crippen LogP contribution in [0, 0.1) is 55.4 Å². The number of hydrazone groups is 1. The van der Waals surface area contributed by atoms with Gasteiger partial charge < -0.3 is 18.8 Å². The van der Waals surface area contributed by atoms with Crippen LogP contribution in [0.25, 0.3) is 11.3 Å². The Hall–Kier alpha value is -5.27. The maximum Gasteiger partial charge on any atom is 0.378 e. The van der Waals surface area contributed by atoms with Crippen LogP contribution in [0.4, 0.5) is 11.4 Å². The third-order valence-corrected chi connectivity index (χ3v) is 14.3. The summed E-state index contributed by atoms with van der Waals surface area (Å²) in [5.74, 6) is -1.55. The Morgan fingerprint density at radius 2 is 1.30 bits per heavy atom. The number of carbonyl (C=O) groups excluding carboxylic acids is 2. The first-order valence-electron chi connectivity index (χ1n) is 19.1. The minimum Gasteiger partial charge on any atom is -0.458 e. The molecule has 2 spiro atoms. The Kier molecular flexibility index (Phi) is 9.47. The van der Waals surface area contributed by atoms with Gasteiger partial charge in [-0.3, -0.25) is 5.01 Å². The summed E-state index contributed by atoms with van der Waals surface area (Å²) in [7, 11) is 0. The molecule has 5 aromatic rings. The second kappa shape index (κ2) is 14.2. The number of aryl methyl sites for hydroxylation is 2. The number of hydrazine groups is 1. The molecule has 1 aromatic heterocycles. The van der Waals surface area contributed by atoms with Gasteiger partial charge in [-0.25, -0.2) is 19.6 Å². The average molecular weight is 889 g/mol. The van der Waals surface area contributed by atoms with E-state index in [2.05, 4.69) is 5.16 Å². The van der Waals surface area contributed by atoms with Crippen LogP contribution >= 0.6 is 46.4 Å². The number of nitrogens with zero attached hydrogens (tertiary/aromatic N) is 6. The summed E-state index contributed by atoms with van der Waals surface area (Å²) in [4.78, 5) is 36.2. The van der Waals surface area contributed by atoms with Crippen LogP contribution in [0.2, 0.25) is 20.1 Å². The largest absolute Gasteiger partial charge is 0.458 e. The molecular weight excluding hydrogens is 850 g/mol. The fourth-order valence-corrected chi connectivity index (χ4v) is 9.87. The summed E-state index contributed by atoms with van der Waals surface area (Å²) in [6.45, 7) is 14.6. The minimum atomic E-state index is -1.93. The number of halogens is 4. The summed E-state index contributed by atoms with van der Waals surface area (Å²) >= 11 is 27.1. The van der Waals surface area contributed by atoms with Crippen molar-refractivity contribution in [1.29, 1.82) is 0 Å². The van der Waals surface area contributed by atoms with E-state index in [0.717, 1.165) is 44.5 Å². The van der Waals surface area contributed by atoms with Gasteiger partial charge in [0.15, 0.2) is 12.4 Å². The lowest BCUT2D eigenvalue weighted by Crippen LogP contribution is -2.68. The van der Waals surface area contributed by atoms with Crippen molar-refractivity contribution in [3.63, 3.8) is 0 Å². The van der Waals surface area contributed by atoms with Gasteiger partial charge >= 0.3 is 17.6 Å². The smallest absolute Gasteiger partial charge is 0.378 e. The highest BCUT2D eigenvalue weighted by Crippen LogP contribution is 2.60. The number of ether oxygens (including phenoxy) is 2. The summed E-state index contributed by atoms with van der Waals surface area (Å²) in [6, 6.07) is 15.9. The Bertz CT molecular complexity index is 2690. The molecule has 0 N–H and O–H groups in total. The van der Waals surface area contributed by atoms with Gasteiger partial charge in [-0.05, 0) is 113 Å². The van der Waals surface area contributed by atoms with Crippen LogP contribution in [0.1, 0.15) is 55.8 Å². The fourth-order valence-electron chi connectivity index (χ4n) is 9.02. The number of hydrogen-bond donors (Lipinski definition) is 0. The number of cyclic esters (lactones) is 1. The van der Waals surface area contributed by atoms with Crippen molar-refractivity contribution >= 4 is 81.3 Å². The number of carbonyl (C=O) groups is 2. The molecule has 0 bridgehead atoms. The Balaban J connectivity index is 1.19. The van der Waals surface area contributed by atoms with Crippen LogP contribution in [0.15, 0.2) is 69.4 Å². The summed E-state index contributed by atoms with van der Waals surface area (Å²) in [5.41, 5.74) is 6.31. The molecule has 60 heavy (non-hydrogen) atoms. The summed E-state index contributed by atoms with van der Waals surface area (Å²) in [6.07, 6.45) is 0. The number of hydrogen-bond acceptors (Lipinski definition) is 12. The Morgan fingerprint density at radius 3 is 1.87 bits per heavy atom. The Labute approximate surface area is 366 Å². The molecule has 0 aliphatic carbocycles. The van der Waals surface area contributed by atoms with Crippen molar-refractivity contribution in [2.75, 3.05) is 16.6 Å². The zero-order chi connectivity index (χ0) is 42.7. The van der Waals surface area contributed by atoms with Gasteiger partial charge in [0.1, 0.15) is 24.1 Å². The second-order valence-electron chi connectivity index (χ2n) is 15.7. The van der Waals surface area contributed by atoms with Gasteiger partial charge in [-0.15, -0.1) is 5.10 Å². The highest BCUT2D eigenvalue weighted by Gasteiger charge is 2.88. The van der Waals surface area contributed by atoms with Gasteiger partial charge in [-0.2, -0.15) is 0 Å². The molecule has 16 heteroatoms. The highest BCUT2D eigenvalue weighted by atomic mass is 35.5. The molecule has 308 valence electrons. The number of anilines is 2. The first-order valence-corrected chi connectivity index (χ1v) is 20.6. The van der Waals surface area contributed by atoms with Crippen molar-refractivity contribution in [2.24, 2.45) is 10.3 Å². The van der Waals surface area contributed by atoms with Gasteiger partial charge in [0.25, 0.3) is 11.4 Å². The topological polar surface area (TPSA) is 122 Å². The van der Waals surface area contributed by atoms with Gasteiger partial charge in [0, 0.05) is 37.3 Å². The molecule has 0 radical (unpaired) electrons. The third kappa shape index (κ3) is 5.39. The van der Waals surface area contributed by atoms with Crippen molar-refractivity contribution in [3.05, 3.63) is 131 Å². The second-order valence-corrected chi connectivity index (χ2v) is 17.2. The van der Waals surface area contributed by atoms with E-state index < -0.39 is 29.2 Å². The quantitative estimate of drug-likeness (QED) is 0.146. The number of oxime groups is 1. The Morgan fingerprint density at radius 1 is 0.767 bits per heavy atom. The van der Waals surface area contributed by atoms with Crippen LogP contribution in [-0.2, 0) is 30.5 Å². The SMILES string of the molecule is Cc1ccc(N2[C@@H]3C(c4c(C)c(Cl)c(C)c(Cl)c4C)=NO[C@@]34COC(=O)[C@]43N(c4ccc(C)cc4)N=C(C(=O)OCc4cc(-c5c(C)c(Cl)c(C)c(Cl)c5C)no4)N23)cc1. The number of benzene rings is 4. The standard InChI is InChI=1S/C44H38Cl4N6O6/c1-20-9-13-28(14-10-20)52-39-38(33-24(5)36(47)27(8)37(48)25(33)6)51-60-43(39)19-58-42(56)44(43)53(29-15-11-21(2)12-16-29)49-40(54(44)52)41(55)57-18-30-17-31(50-59-30)32-22(3)34(45)26(7)35(46)23(32)4/h9-17,39H,18-19H2,1-8H3/t39-,43+,44-/m1/s1. The van der Waals surface area contributed by atoms with Crippen LogP contribution in [-0.4, -0.2) is 57.6 Å².